The molecule has 1 aromatic carbocycles. The number of anilines is 1. The Bertz CT molecular complexity index is 517. The molecule has 3 unspecified atom stereocenters. The zero-order valence-electron chi connectivity index (χ0n) is 10.2. The summed E-state index contributed by atoms with van der Waals surface area (Å²) >= 11 is 0. The standard InChI is InChI=1S/C15H16N2O/c16-9-12-3-1-2-4-14(12)17-15(18)13-8-10-5-6-11(13)7-10/h1-4,10-11,13H,5-8H2,(H,17,18). The van der Waals surface area contributed by atoms with Crippen molar-refractivity contribution in [3.05, 3.63) is 29.8 Å². The van der Waals surface area contributed by atoms with Crippen LogP contribution in [0.5, 0.6) is 0 Å². The minimum Gasteiger partial charge on any atom is -0.325 e. The Balaban J connectivity index is 1.73. The summed E-state index contributed by atoms with van der Waals surface area (Å²) in [5, 5.41) is 11.9. The van der Waals surface area contributed by atoms with Gasteiger partial charge in [-0.05, 0) is 43.2 Å². The molecular weight excluding hydrogens is 224 g/mol. The number of nitriles is 1. The lowest BCUT2D eigenvalue weighted by atomic mass is 9.88. The molecule has 0 aromatic heterocycles. The van der Waals surface area contributed by atoms with Gasteiger partial charge in [0.05, 0.1) is 11.3 Å². The van der Waals surface area contributed by atoms with Crippen LogP contribution in [0.25, 0.3) is 0 Å². The number of fused-ring (bicyclic) bond motifs is 2. The Morgan fingerprint density at radius 2 is 2.11 bits per heavy atom. The lowest BCUT2D eigenvalue weighted by Gasteiger charge is -2.21. The van der Waals surface area contributed by atoms with Gasteiger partial charge in [0.2, 0.25) is 5.91 Å². The molecule has 3 heteroatoms. The van der Waals surface area contributed by atoms with Crippen LogP contribution in [0, 0.1) is 29.1 Å². The van der Waals surface area contributed by atoms with Gasteiger partial charge in [0.25, 0.3) is 0 Å². The van der Waals surface area contributed by atoms with Crippen molar-refractivity contribution in [1.29, 1.82) is 5.26 Å². The molecule has 18 heavy (non-hydrogen) atoms. The van der Waals surface area contributed by atoms with Gasteiger partial charge in [-0.3, -0.25) is 4.79 Å². The Morgan fingerprint density at radius 1 is 1.28 bits per heavy atom. The van der Waals surface area contributed by atoms with Crippen molar-refractivity contribution < 1.29 is 4.79 Å². The first kappa shape index (κ1) is 11.3. The molecule has 2 saturated carbocycles. The molecule has 1 N–H and O–H groups in total. The van der Waals surface area contributed by atoms with E-state index < -0.39 is 0 Å². The third-order valence-electron chi connectivity index (χ3n) is 4.38. The highest BCUT2D eigenvalue weighted by Crippen LogP contribution is 2.48. The molecule has 0 spiro atoms. The van der Waals surface area contributed by atoms with Gasteiger partial charge in [-0.1, -0.05) is 18.6 Å². The summed E-state index contributed by atoms with van der Waals surface area (Å²) in [5.74, 6) is 1.60. The highest BCUT2D eigenvalue weighted by atomic mass is 16.1. The topological polar surface area (TPSA) is 52.9 Å². The van der Waals surface area contributed by atoms with Crippen molar-refractivity contribution in [1.82, 2.24) is 0 Å². The fraction of sp³-hybridized carbons (Fsp3) is 0.467. The number of hydrogen-bond donors (Lipinski definition) is 1. The Kier molecular flexibility index (Phi) is 2.79. The van der Waals surface area contributed by atoms with Crippen LogP contribution in [0.15, 0.2) is 24.3 Å². The molecule has 3 rings (SSSR count). The second-order valence-corrected chi connectivity index (χ2v) is 5.43. The Morgan fingerprint density at radius 3 is 2.78 bits per heavy atom. The van der Waals surface area contributed by atoms with E-state index in [0.29, 0.717) is 17.2 Å². The fourth-order valence-corrected chi connectivity index (χ4v) is 3.48. The number of nitrogens with one attached hydrogen (secondary N) is 1. The highest BCUT2D eigenvalue weighted by Gasteiger charge is 2.43. The van der Waals surface area contributed by atoms with Crippen molar-refractivity contribution in [2.24, 2.45) is 17.8 Å². The predicted molar refractivity (Wildman–Crippen MR) is 68.7 cm³/mol. The van der Waals surface area contributed by atoms with Gasteiger partial charge < -0.3 is 5.32 Å². The van der Waals surface area contributed by atoms with E-state index in [-0.39, 0.29) is 11.8 Å². The van der Waals surface area contributed by atoms with Crippen molar-refractivity contribution in [2.45, 2.75) is 25.7 Å². The van der Waals surface area contributed by atoms with E-state index in [1.54, 1.807) is 12.1 Å². The van der Waals surface area contributed by atoms with Gasteiger partial charge in [0, 0.05) is 5.92 Å². The molecule has 2 aliphatic rings. The maximum atomic E-state index is 12.3. The molecule has 1 aromatic rings. The smallest absolute Gasteiger partial charge is 0.227 e. The number of rotatable bonds is 2. The maximum Gasteiger partial charge on any atom is 0.227 e. The van der Waals surface area contributed by atoms with E-state index in [2.05, 4.69) is 11.4 Å². The molecule has 0 radical (unpaired) electrons. The fourth-order valence-electron chi connectivity index (χ4n) is 3.48. The van der Waals surface area contributed by atoms with Gasteiger partial charge in [-0.2, -0.15) is 5.26 Å². The number of carbonyl (C=O) groups excluding carboxylic acids is 1. The molecule has 0 saturated heterocycles. The summed E-state index contributed by atoms with van der Waals surface area (Å²) in [6.07, 6.45) is 4.75. The van der Waals surface area contributed by atoms with Crippen molar-refractivity contribution in [2.75, 3.05) is 5.32 Å². The van der Waals surface area contributed by atoms with Crippen LogP contribution >= 0.6 is 0 Å². The van der Waals surface area contributed by atoms with Gasteiger partial charge in [-0.15, -0.1) is 0 Å². The van der Waals surface area contributed by atoms with E-state index in [1.807, 2.05) is 12.1 Å². The quantitative estimate of drug-likeness (QED) is 0.864. The van der Waals surface area contributed by atoms with E-state index in [1.165, 1.54) is 19.3 Å². The first-order valence-corrected chi connectivity index (χ1v) is 6.58. The van der Waals surface area contributed by atoms with Crippen LogP contribution < -0.4 is 5.32 Å². The predicted octanol–water partition coefficient (Wildman–Crippen LogP) is 2.93. The second-order valence-electron chi connectivity index (χ2n) is 5.43. The SMILES string of the molecule is N#Cc1ccccc1NC(=O)C1CC2CCC1C2. The van der Waals surface area contributed by atoms with Gasteiger partial charge in [0.1, 0.15) is 6.07 Å². The van der Waals surface area contributed by atoms with E-state index in [9.17, 15) is 4.79 Å². The van der Waals surface area contributed by atoms with E-state index in [0.717, 1.165) is 12.3 Å². The lowest BCUT2D eigenvalue weighted by Crippen LogP contribution is -2.27. The van der Waals surface area contributed by atoms with Crippen LogP contribution in [0.4, 0.5) is 5.69 Å². The molecule has 0 aliphatic heterocycles. The van der Waals surface area contributed by atoms with Crippen molar-refractivity contribution >= 4 is 11.6 Å². The number of amides is 1. The average molecular weight is 240 g/mol. The third-order valence-corrected chi connectivity index (χ3v) is 4.38. The average Bonchev–Trinajstić information content (AvgIpc) is 3.01. The van der Waals surface area contributed by atoms with Gasteiger partial charge in [0.15, 0.2) is 0 Å². The zero-order valence-corrected chi connectivity index (χ0v) is 10.2. The molecule has 3 atom stereocenters. The van der Waals surface area contributed by atoms with Crippen LogP contribution in [0.2, 0.25) is 0 Å². The van der Waals surface area contributed by atoms with Crippen LogP contribution in [-0.2, 0) is 4.79 Å². The molecule has 92 valence electrons. The molecule has 3 nitrogen and oxygen atoms in total. The summed E-state index contributed by atoms with van der Waals surface area (Å²) in [6, 6.07) is 9.29. The summed E-state index contributed by atoms with van der Waals surface area (Å²) in [6.45, 7) is 0. The van der Waals surface area contributed by atoms with Crippen LogP contribution in [0.3, 0.4) is 0 Å². The monoisotopic (exact) mass is 240 g/mol. The molecular formula is C15H16N2O. The highest BCUT2D eigenvalue weighted by molar-refractivity contribution is 5.94. The number of carbonyl (C=O) groups is 1. The van der Waals surface area contributed by atoms with Crippen molar-refractivity contribution in [3.8, 4) is 6.07 Å². The summed E-state index contributed by atoms with van der Waals surface area (Å²) in [7, 11) is 0. The minimum atomic E-state index is 0.102. The molecule has 2 aliphatic carbocycles. The molecule has 1 amide bonds. The van der Waals surface area contributed by atoms with Crippen LogP contribution in [-0.4, -0.2) is 5.91 Å². The zero-order chi connectivity index (χ0) is 12.5. The minimum absolute atomic E-state index is 0.102. The van der Waals surface area contributed by atoms with Crippen LogP contribution in [0.1, 0.15) is 31.2 Å². The third kappa shape index (κ3) is 1.88. The normalized spacial score (nSPS) is 28.9. The molecule has 0 heterocycles. The first-order valence-electron chi connectivity index (χ1n) is 6.58. The molecule has 2 fully saturated rings. The number of hydrogen-bond acceptors (Lipinski definition) is 2. The number of para-hydroxylation sites is 1. The van der Waals surface area contributed by atoms with Gasteiger partial charge in [-0.25, -0.2) is 0 Å². The largest absolute Gasteiger partial charge is 0.325 e. The lowest BCUT2D eigenvalue weighted by molar-refractivity contribution is -0.121. The molecule has 2 bridgehead atoms. The summed E-state index contributed by atoms with van der Waals surface area (Å²) < 4.78 is 0. The maximum absolute atomic E-state index is 12.3. The van der Waals surface area contributed by atoms with E-state index >= 15 is 0 Å². The van der Waals surface area contributed by atoms with Crippen molar-refractivity contribution in [3.63, 3.8) is 0 Å². The summed E-state index contributed by atoms with van der Waals surface area (Å²) in [4.78, 5) is 12.3. The number of benzene rings is 1. The summed E-state index contributed by atoms with van der Waals surface area (Å²) in [5.41, 5.74) is 1.18. The Hall–Kier alpha value is -1.82. The van der Waals surface area contributed by atoms with Gasteiger partial charge >= 0.3 is 0 Å². The Labute approximate surface area is 107 Å². The van der Waals surface area contributed by atoms with E-state index in [4.69, 9.17) is 5.26 Å². The number of nitrogens with zero attached hydrogens (tertiary/aromatic N) is 1. The second kappa shape index (κ2) is 4.45. The first-order chi connectivity index (χ1) is 8.78.